The lowest BCUT2D eigenvalue weighted by Crippen LogP contribution is -2.39. The Morgan fingerprint density at radius 3 is 2.65 bits per heavy atom. The molecule has 0 saturated carbocycles. The Bertz CT molecular complexity index is 652. The summed E-state index contributed by atoms with van der Waals surface area (Å²) in [4.78, 5) is 25.2. The van der Waals surface area contributed by atoms with Gasteiger partial charge in [-0.05, 0) is 51.0 Å². The molecule has 1 aliphatic heterocycles. The number of rotatable bonds is 4. The number of aliphatic hydroxyl groups excluding tert-OH is 1. The van der Waals surface area contributed by atoms with E-state index in [0.29, 0.717) is 25.3 Å². The Kier molecular flexibility index (Phi) is 6.47. The molecule has 1 aromatic carbocycles. The van der Waals surface area contributed by atoms with E-state index < -0.39 is 23.8 Å². The lowest BCUT2D eigenvalue weighted by molar-refractivity contribution is -0.145. The molecule has 1 aliphatic rings. The average Bonchev–Trinajstić information content (AvgIpc) is 2.69. The number of amides is 1. The van der Waals surface area contributed by atoms with E-state index in [0.717, 1.165) is 11.1 Å². The summed E-state index contributed by atoms with van der Waals surface area (Å²) in [5.41, 5.74) is 1.20. The number of ether oxygens (including phenoxy) is 3. The molecule has 0 bridgehead atoms. The fourth-order valence-corrected chi connectivity index (χ4v) is 2.69. The molecule has 0 aromatic heterocycles. The van der Waals surface area contributed by atoms with Crippen LogP contribution in [0.1, 0.15) is 38.8 Å². The number of carbonyl (C=O) groups excluding carboxylic acids is 2. The van der Waals surface area contributed by atoms with Gasteiger partial charge in [0.25, 0.3) is 0 Å². The van der Waals surface area contributed by atoms with Crippen LogP contribution in [-0.4, -0.2) is 53.5 Å². The van der Waals surface area contributed by atoms with Gasteiger partial charge in [0.05, 0.1) is 19.3 Å². The van der Waals surface area contributed by atoms with Crippen LogP contribution in [0.15, 0.2) is 18.2 Å². The smallest absolute Gasteiger partial charge is 0.410 e. The number of fused-ring (bicyclic) bond motifs is 1. The molecule has 7 heteroatoms. The molecule has 0 aliphatic carbocycles. The highest BCUT2D eigenvalue weighted by atomic mass is 16.6. The number of hydrogen-bond donors (Lipinski definition) is 1. The molecular weight excluding hydrogens is 338 g/mol. The molecule has 26 heavy (non-hydrogen) atoms. The maximum absolute atomic E-state index is 12.3. The number of esters is 1. The van der Waals surface area contributed by atoms with Crippen LogP contribution in [0.5, 0.6) is 5.75 Å². The van der Waals surface area contributed by atoms with Gasteiger partial charge in [0.2, 0.25) is 0 Å². The average molecular weight is 365 g/mol. The second-order valence-corrected chi connectivity index (χ2v) is 7.24. The van der Waals surface area contributed by atoms with Gasteiger partial charge in [0.15, 0.2) is 6.61 Å². The largest absolute Gasteiger partial charge is 0.482 e. The van der Waals surface area contributed by atoms with Crippen molar-refractivity contribution in [3.63, 3.8) is 0 Å². The van der Waals surface area contributed by atoms with E-state index >= 15 is 0 Å². The van der Waals surface area contributed by atoms with Crippen molar-refractivity contribution in [2.75, 3.05) is 19.8 Å². The molecule has 1 aromatic rings. The van der Waals surface area contributed by atoms with Crippen molar-refractivity contribution in [3.8, 4) is 5.75 Å². The molecule has 0 fully saturated rings. The van der Waals surface area contributed by atoms with Gasteiger partial charge in [-0.3, -0.25) is 0 Å². The Hall–Kier alpha value is -2.28. The molecule has 7 nitrogen and oxygen atoms in total. The lowest BCUT2D eigenvalue weighted by Gasteiger charge is -2.27. The van der Waals surface area contributed by atoms with Crippen LogP contribution in [0.4, 0.5) is 4.79 Å². The Labute approximate surface area is 153 Å². The molecule has 0 spiro atoms. The summed E-state index contributed by atoms with van der Waals surface area (Å²) in [5.74, 6) is 0.0910. The topological polar surface area (TPSA) is 85.3 Å². The number of hydrogen-bond acceptors (Lipinski definition) is 6. The van der Waals surface area contributed by atoms with E-state index in [1.807, 2.05) is 6.07 Å². The monoisotopic (exact) mass is 365 g/mol. The summed E-state index contributed by atoms with van der Waals surface area (Å²) in [6, 6.07) is 5.37. The Balaban J connectivity index is 2.10. The zero-order valence-corrected chi connectivity index (χ0v) is 15.8. The first-order valence-corrected chi connectivity index (χ1v) is 8.74. The van der Waals surface area contributed by atoms with Crippen LogP contribution in [0.3, 0.4) is 0 Å². The van der Waals surface area contributed by atoms with Crippen molar-refractivity contribution in [2.45, 2.75) is 52.4 Å². The Morgan fingerprint density at radius 1 is 1.27 bits per heavy atom. The van der Waals surface area contributed by atoms with Crippen LogP contribution in [0, 0.1) is 0 Å². The molecule has 0 saturated heterocycles. The lowest BCUT2D eigenvalue weighted by atomic mass is 10.0. The van der Waals surface area contributed by atoms with Crippen molar-refractivity contribution in [1.82, 2.24) is 4.90 Å². The molecule has 1 atom stereocenters. The van der Waals surface area contributed by atoms with Gasteiger partial charge in [0, 0.05) is 13.0 Å². The van der Waals surface area contributed by atoms with Gasteiger partial charge in [0.1, 0.15) is 11.4 Å². The van der Waals surface area contributed by atoms with Gasteiger partial charge in [-0.2, -0.15) is 0 Å². The summed E-state index contributed by atoms with van der Waals surface area (Å²) in [6.45, 7) is 7.83. The van der Waals surface area contributed by atoms with Crippen molar-refractivity contribution < 1.29 is 28.9 Å². The molecule has 144 valence electrons. The van der Waals surface area contributed by atoms with Gasteiger partial charge in [-0.1, -0.05) is 6.07 Å². The summed E-state index contributed by atoms with van der Waals surface area (Å²) in [7, 11) is 0. The SMILES string of the molecule is CCOC(=O)COc1ccc2c(c1)CC(O)CN(C(=O)OC(C)(C)C)C2. The standard InChI is InChI=1S/C19H27NO6/c1-5-24-17(22)12-25-16-7-6-13-10-20(18(23)26-19(2,3)4)11-15(21)8-14(13)9-16/h6-7,9,15,21H,5,8,10-12H2,1-4H3. The summed E-state index contributed by atoms with van der Waals surface area (Å²) < 4.78 is 15.7. The maximum atomic E-state index is 12.3. The van der Waals surface area contributed by atoms with E-state index in [-0.39, 0.29) is 13.2 Å². The first kappa shape index (κ1) is 20.0. The fourth-order valence-electron chi connectivity index (χ4n) is 2.69. The van der Waals surface area contributed by atoms with Crippen molar-refractivity contribution in [3.05, 3.63) is 29.3 Å². The zero-order chi connectivity index (χ0) is 19.3. The van der Waals surface area contributed by atoms with E-state index in [2.05, 4.69) is 0 Å². The third-order valence-corrected chi connectivity index (χ3v) is 3.74. The molecule has 1 N–H and O–H groups in total. The number of carbonyl (C=O) groups is 2. The minimum absolute atomic E-state index is 0.167. The van der Waals surface area contributed by atoms with Gasteiger partial charge >= 0.3 is 12.1 Å². The quantitative estimate of drug-likeness (QED) is 0.824. The normalized spacial score (nSPS) is 17.1. The molecule has 1 heterocycles. The third-order valence-electron chi connectivity index (χ3n) is 3.74. The van der Waals surface area contributed by atoms with Crippen molar-refractivity contribution in [1.29, 1.82) is 0 Å². The molecule has 0 radical (unpaired) electrons. The van der Waals surface area contributed by atoms with Gasteiger partial charge in [-0.25, -0.2) is 9.59 Å². The summed E-state index contributed by atoms with van der Waals surface area (Å²) in [6.07, 6.45) is -0.762. The predicted molar refractivity (Wildman–Crippen MR) is 94.9 cm³/mol. The highest BCUT2D eigenvalue weighted by molar-refractivity contribution is 5.71. The van der Waals surface area contributed by atoms with Crippen LogP contribution in [0.2, 0.25) is 0 Å². The van der Waals surface area contributed by atoms with Gasteiger partial charge in [-0.15, -0.1) is 0 Å². The van der Waals surface area contributed by atoms with Crippen LogP contribution in [-0.2, 0) is 27.2 Å². The maximum Gasteiger partial charge on any atom is 0.410 e. The first-order valence-electron chi connectivity index (χ1n) is 8.74. The number of benzene rings is 1. The predicted octanol–water partition coefficient (Wildman–Crippen LogP) is 2.28. The number of aliphatic hydroxyl groups is 1. The summed E-state index contributed by atoms with van der Waals surface area (Å²) in [5, 5.41) is 10.3. The second-order valence-electron chi connectivity index (χ2n) is 7.24. The minimum Gasteiger partial charge on any atom is -0.482 e. The van der Waals surface area contributed by atoms with Crippen LogP contribution < -0.4 is 4.74 Å². The van der Waals surface area contributed by atoms with E-state index in [1.54, 1.807) is 39.8 Å². The van der Waals surface area contributed by atoms with Crippen LogP contribution >= 0.6 is 0 Å². The number of β-amino-alcohol motifs (C(OH)–C–C–N with tert-alkyl or cyclic N) is 1. The second kappa shape index (κ2) is 8.40. The number of nitrogens with zero attached hydrogens (tertiary/aromatic N) is 1. The van der Waals surface area contributed by atoms with E-state index in [1.165, 1.54) is 4.90 Å². The van der Waals surface area contributed by atoms with E-state index in [4.69, 9.17) is 14.2 Å². The summed E-state index contributed by atoms with van der Waals surface area (Å²) >= 11 is 0. The fraction of sp³-hybridized carbons (Fsp3) is 0.579. The molecule has 1 unspecified atom stereocenters. The first-order chi connectivity index (χ1) is 12.2. The molecule has 2 rings (SSSR count). The third kappa shape index (κ3) is 5.91. The van der Waals surface area contributed by atoms with Gasteiger partial charge < -0.3 is 24.2 Å². The zero-order valence-electron chi connectivity index (χ0n) is 15.8. The van der Waals surface area contributed by atoms with Crippen molar-refractivity contribution in [2.24, 2.45) is 0 Å². The minimum atomic E-state index is -0.705. The van der Waals surface area contributed by atoms with Crippen molar-refractivity contribution >= 4 is 12.1 Å². The Morgan fingerprint density at radius 2 is 2.00 bits per heavy atom. The molecule has 1 amide bonds. The molecular formula is C19H27NO6. The van der Waals surface area contributed by atoms with E-state index in [9.17, 15) is 14.7 Å². The highest BCUT2D eigenvalue weighted by Crippen LogP contribution is 2.25. The van der Waals surface area contributed by atoms with Crippen LogP contribution in [0.25, 0.3) is 0 Å². The highest BCUT2D eigenvalue weighted by Gasteiger charge is 2.28.